The fourth-order valence-electron chi connectivity index (χ4n) is 2.77. The van der Waals surface area contributed by atoms with Crippen LogP contribution in [0.1, 0.15) is 6.42 Å². The van der Waals surface area contributed by atoms with Gasteiger partial charge in [0.15, 0.2) is 23.7 Å². The molecule has 2 aliphatic rings. The number of hydrogen-bond donors (Lipinski definition) is 1. The molecule has 0 radical (unpaired) electrons. The number of hydrogen-bond acceptors (Lipinski definition) is 6. The summed E-state index contributed by atoms with van der Waals surface area (Å²) in [6.45, 7) is 0.330. The summed E-state index contributed by atoms with van der Waals surface area (Å²) in [4.78, 5) is 24.1. The summed E-state index contributed by atoms with van der Waals surface area (Å²) in [5.41, 5.74) is 0.591. The van der Waals surface area contributed by atoms with Crippen LogP contribution in [0.2, 0.25) is 0 Å². The van der Waals surface area contributed by atoms with Gasteiger partial charge in [0.1, 0.15) is 19.0 Å². The topological polar surface area (TPSA) is 83.1 Å². The van der Waals surface area contributed by atoms with E-state index in [1.54, 1.807) is 30.3 Å². The van der Waals surface area contributed by atoms with Crippen molar-refractivity contribution in [1.82, 2.24) is 0 Å². The van der Waals surface area contributed by atoms with Crippen LogP contribution >= 0.6 is 0 Å². The summed E-state index contributed by atoms with van der Waals surface area (Å²) < 4.78 is 22.1. The highest BCUT2D eigenvalue weighted by Gasteiger charge is 2.31. The number of esters is 1. The molecule has 26 heavy (non-hydrogen) atoms. The molecule has 0 saturated heterocycles. The second kappa shape index (κ2) is 6.95. The summed E-state index contributed by atoms with van der Waals surface area (Å²) in [7, 11) is 0. The monoisotopic (exact) mass is 355 g/mol. The Balaban J connectivity index is 1.29. The van der Waals surface area contributed by atoms with E-state index < -0.39 is 18.2 Å². The molecule has 0 spiro atoms. The molecule has 0 saturated carbocycles. The van der Waals surface area contributed by atoms with Gasteiger partial charge in [-0.2, -0.15) is 0 Å². The lowest BCUT2D eigenvalue weighted by molar-refractivity contribution is -0.150. The molecule has 2 atom stereocenters. The van der Waals surface area contributed by atoms with Crippen LogP contribution < -0.4 is 19.5 Å². The minimum absolute atomic E-state index is 0.0398. The number of fused-ring (bicyclic) bond motifs is 2. The lowest BCUT2D eigenvalue weighted by Crippen LogP contribution is -2.40. The molecular weight excluding hydrogens is 338 g/mol. The van der Waals surface area contributed by atoms with Crippen LogP contribution in [0, 0.1) is 0 Å². The quantitative estimate of drug-likeness (QED) is 0.847. The predicted molar refractivity (Wildman–Crippen MR) is 91.4 cm³/mol. The van der Waals surface area contributed by atoms with E-state index in [9.17, 15) is 9.59 Å². The largest absolute Gasteiger partial charge is 0.486 e. The summed E-state index contributed by atoms with van der Waals surface area (Å²) in [6.07, 6.45) is -1.48. The maximum atomic E-state index is 12.1. The predicted octanol–water partition coefficient (Wildman–Crippen LogP) is 2.16. The number of amides is 1. The highest BCUT2D eigenvalue weighted by molar-refractivity contribution is 5.99. The Bertz CT molecular complexity index is 836. The van der Waals surface area contributed by atoms with E-state index in [-0.39, 0.29) is 25.5 Å². The van der Waals surface area contributed by atoms with Gasteiger partial charge in [0, 0.05) is 0 Å². The van der Waals surface area contributed by atoms with Crippen molar-refractivity contribution in [3.8, 4) is 17.2 Å². The normalized spacial score (nSPS) is 20.4. The molecule has 2 heterocycles. The van der Waals surface area contributed by atoms with Crippen LogP contribution in [0.4, 0.5) is 5.69 Å². The molecule has 0 aliphatic carbocycles. The van der Waals surface area contributed by atoms with E-state index in [2.05, 4.69) is 5.32 Å². The Hall–Kier alpha value is -3.22. The number of benzene rings is 2. The minimum Gasteiger partial charge on any atom is -0.486 e. The minimum atomic E-state index is -0.915. The van der Waals surface area contributed by atoms with Crippen molar-refractivity contribution in [2.75, 3.05) is 18.5 Å². The third kappa shape index (κ3) is 3.42. The molecule has 134 valence electrons. The molecule has 2 aliphatic heterocycles. The zero-order chi connectivity index (χ0) is 17.9. The third-order valence-electron chi connectivity index (χ3n) is 4.06. The van der Waals surface area contributed by atoms with Gasteiger partial charge >= 0.3 is 5.97 Å². The van der Waals surface area contributed by atoms with Gasteiger partial charge in [0.25, 0.3) is 5.91 Å². The van der Waals surface area contributed by atoms with Crippen molar-refractivity contribution in [1.29, 1.82) is 0 Å². The van der Waals surface area contributed by atoms with E-state index in [0.717, 1.165) is 0 Å². The van der Waals surface area contributed by atoms with E-state index in [1.807, 2.05) is 18.2 Å². The first-order valence-corrected chi connectivity index (χ1v) is 8.30. The number of nitrogens with one attached hydrogen (secondary N) is 1. The molecule has 4 rings (SSSR count). The summed E-state index contributed by atoms with van der Waals surface area (Å²) in [5, 5.41) is 2.72. The third-order valence-corrected chi connectivity index (χ3v) is 4.06. The summed E-state index contributed by atoms with van der Waals surface area (Å²) in [6, 6.07) is 14.4. The number of carbonyl (C=O) groups excluding carboxylic acids is 2. The van der Waals surface area contributed by atoms with Gasteiger partial charge in [0.2, 0.25) is 0 Å². The Morgan fingerprint density at radius 3 is 2.62 bits per heavy atom. The highest BCUT2D eigenvalue weighted by atomic mass is 16.6. The molecule has 2 unspecified atom stereocenters. The second-order valence-electron chi connectivity index (χ2n) is 5.98. The zero-order valence-corrected chi connectivity index (χ0v) is 13.8. The maximum absolute atomic E-state index is 12.1. The van der Waals surface area contributed by atoms with Gasteiger partial charge in [-0.1, -0.05) is 24.3 Å². The van der Waals surface area contributed by atoms with Crippen LogP contribution in [0.5, 0.6) is 17.2 Å². The lowest BCUT2D eigenvalue weighted by atomic mass is 10.1. The van der Waals surface area contributed by atoms with Crippen molar-refractivity contribution in [2.45, 2.75) is 18.6 Å². The Morgan fingerprint density at radius 2 is 1.77 bits per heavy atom. The Kier molecular flexibility index (Phi) is 4.35. The molecule has 1 N–H and O–H groups in total. The van der Waals surface area contributed by atoms with Gasteiger partial charge in [0.05, 0.1) is 12.1 Å². The van der Waals surface area contributed by atoms with Gasteiger partial charge in [-0.25, -0.2) is 0 Å². The fourth-order valence-corrected chi connectivity index (χ4v) is 2.77. The van der Waals surface area contributed by atoms with Crippen LogP contribution in [0.25, 0.3) is 0 Å². The van der Waals surface area contributed by atoms with Crippen LogP contribution in [-0.4, -0.2) is 37.3 Å². The molecule has 7 nitrogen and oxygen atoms in total. The van der Waals surface area contributed by atoms with Crippen molar-refractivity contribution in [2.24, 2.45) is 0 Å². The van der Waals surface area contributed by atoms with E-state index in [4.69, 9.17) is 18.9 Å². The average molecular weight is 355 g/mol. The van der Waals surface area contributed by atoms with Gasteiger partial charge in [-0.15, -0.1) is 0 Å². The van der Waals surface area contributed by atoms with Crippen molar-refractivity contribution < 1.29 is 28.5 Å². The number of anilines is 1. The molecule has 2 aromatic rings. The van der Waals surface area contributed by atoms with Gasteiger partial charge < -0.3 is 24.3 Å². The van der Waals surface area contributed by atoms with Crippen LogP contribution in [-0.2, 0) is 14.3 Å². The SMILES string of the molecule is O=C(CC1Oc2ccccc2NC1=O)OCC1COc2ccccc2O1. The van der Waals surface area contributed by atoms with Crippen molar-refractivity contribution in [3.05, 3.63) is 48.5 Å². The van der Waals surface area contributed by atoms with Gasteiger partial charge in [-0.3, -0.25) is 9.59 Å². The maximum Gasteiger partial charge on any atom is 0.310 e. The van der Waals surface area contributed by atoms with Crippen molar-refractivity contribution in [3.63, 3.8) is 0 Å². The van der Waals surface area contributed by atoms with Crippen LogP contribution in [0.15, 0.2) is 48.5 Å². The number of para-hydroxylation sites is 4. The van der Waals surface area contributed by atoms with E-state index in [1.165, 1.54) is 0 Å². The highest BCUT2D eigenvalue weighted by Crippen LogP contribution is 2.31. The van der Waals surface area contributed by atoms with E-state index >= 15 is 0 Å². The number of ether oxygens (including phenoxy) is 4. The van der Waals surface area contributed by atoms with Crippen molar-refractivity contribution >= 4 is 17.6 Å². The Morgan fingerprint density at radius 1 is 1.04 bits per heavy atom. The fraction of sp³-hybridized carbons (Fsp3) is 0.263. The number of rotatable bonds is 4. The summed E-state index contributed by atoms with van der Waals surface area (Å²) >= 11 is 0. The first kappa shape index (κ1) is 16.3. The zero-order valence-electron chi connectivity index (χ0n) is 13.8. The first-order chi connectivity index (χ1) is 12.7. The molecule has 7 heteroatoms. The lowest BCUT2D eigenvalue weighted by Gasteiger charge is -2.27. The smallest absolute Gasteiger partial charge is 0.310 e. The van der Waals surface area contributed by atoms with Gasteiger partial charge in [-0.05, 0) is 24.3 Å². The van der Waals surface area contributed by atoms with E-state index in [0.29, 0.717) is 22.9 Å². The molecule has 2 aromatic carbocycles. The molecule has 1 amide bonds. The number of carbonyl (C=O) groups is 2. The molecular formula is C19H17NO6. The standard InChI is InChI=1S/C19H17NO6/c21-18(9-17-19(22)20-13-5-1-2-6-14(13)26-17)24-11-12-10-23-15-7-3-4-8-16(15)25-12/h1-8,12,17H,9-11H2,(H,20,22). The second-order valence-corrected chi connectivity index (χ2v) is 5.98. The molecule has 0 fully saturated rings. The summed E-state index contributed by atoms with van der Waals surface area (Å²) in [5.74, 6) is 0.914. The Labute approximate surface area is 149 Å². The van der Waals surface area contributed by atoms with Crippen LogP contribution in [0.3, 0.4) is 0 Å². The average Bonchev–Trinajstić information content (AvgIpc) is 2.67. The molecule has 0 aromatic heterocycles. The first-order valence-electron chi connectivity index (χ1n) is 8.30. The molecule has 0 bridgehead atoms.